The SMILES string of the molecule is NC1COCC1C(=O)Nc1cn[nH]c1. The Morgan fingerprint density at radius 1 is 1.71 bits per heavy atom. The number of nitrogens with one attached hydrogen (secondary N) is 2. The van der Waals surface area contributed by atoms with Crippen LogP contribution in [0.5, 0.6) is 0 Å². The molecule has 4 N–H and O–H groups in total. The van der Waals surface area contributed by atoms with E-state index >= 15 is 0 Å². The van der Waals surface area contributed by atoms with Crippen LogP contribution in [-0.4, -0.2) is 35.4 Å². The van der Waals surface area contributed by atoms with E-state index in [1.54, 1.807) is 12.4 Å². The van der Waals surface area contributed by atoms with E-state index in [0.717, 1.165) is 0 Å². The van der Waals surface area contributed by atoms with Crippen LogP contribution in [0, 0.1) is 5.92 Å². The van der Waals surface area contributed by atoms with Crippen LogP contribution < -0.4 is 11.1 Å². The Hall–Kier alpha value is -1.40. The topological polar surface area (TPSA) is 93.0 Å². The minimum absolute atomic E-state index is 0.114. The van der Waals surface area contributed by atoms with Gasteiger partial charge in [0.15, 0.2) is 0 Å². The third kappa shape index (κ3) is 1.75. The van der Waals surface area contributed by atoms with E-state index in [9.17, 15) is 4.79 Å². The average Bonchev–Trinajstić information content (AvgIpc) is 2.75. The summed E-state index contributed by atoms with van der Waals surface area (Å²) in [5, 5.41) is 9.03. The van der Waals surface area contributed by atoms with Gasteiger partial charge in [-0.25, -0.2) is 0 Å². The van der Waals surface area contributed by atoms with Crippen molar-refractivity contribution in [1.82, 2.24) is 10.2 Å². The van der Waals surface area contributed by atoms with Crippen molar-refractivity contribution in [2.75, 3.05) is 18.5 Å². The average molecular weight is 196 g/mol. The number of ether oxygens (including phenoxy) is 1. The van der Waals surface area contributed by atoms with Crippen molar-refractivity contribution < 1.29 is 9.53 Å². The van der Waals surface area contributed by atoms with E-state index in [2.05, 4.69) is 15.5 Å². The number of aromatic amines is 1. The fourth-order valence-electron chi connectivity index (χ4n) is 1.40. The van der Waals surface area contributed by atoms with E-state index in [1.165, 1.54) is 0 Å². The number of nitrogens with two attached hydrogens (primary N) is 1. The number of H-pyrrole nitrogens is 1. The first kappa shape index (κ1) is 9.17. The molecule has 1 aliphatic heterocycles. The summed E-state index contributed by atoms with van der Waals surface area (Å²) in [6, 6.07) is -0.207. The maximum absolute atomic E-state index is 11.6. The van der Waals surface area contributed by atoms with Gasteiger partial charge in [-0.05, 0) is 0 Å². The highest BCUT2D eigenvalue weighted by atomic mass is 16.5. The highest BCUT2D eigenvalue weighted by Gasteiger charge is 2.31. The highest BCUT2D eigenvalue weighted by molar-refractivity contribution is 5.93. The lowest BCUT2D eigenvalue weighted by atomic mass is 10.0. The molecule has 1 aromatic rings. The molecule has 0 radical (unpaired) electrons. The van der Waals surface area contributed by atoms with Crippen molar-refractivity contribution in [2.45, 2.75) is 6.04 Å². The van der Waals surface area contributed by atoms with Crippen molar-refractivity contribution in [3.63, 3.8) is 0 Å². The molecule has 2 atom stereocenters. The standard InChI is InChI=1S/C8H12N4O2/c9-7-4-14-3-6(7)8(13)12-5-1-10-11-2-5/h1-2,6-7H,3-4,9H2,(H,10,11)(H,12,13). The smallest absolute Gasteiger partial charge is 0.231 e. The molecule has 0 aliphatic carbocycles. The number of carbonyl (C=O) groups excluding carboxylic acids is 1. The molecule has 1 amide bonds. The van der Waals surface area contributed by atoms with Crippen LogP contribution in [0.15, 0.2) is 12.4 Å². The van der Waals surface area contributed by atoms with Gasteiger partial charge in [0.25, 0.3) is 0 Å². The molecule has 2 rings (SSSR count). The molecular weight excluding hydrogens is 184 g/mol. The summed E-state index contributed by atoms with van der Waals surface area (Å²) in [6.45, 7) is 0.842. The Kier molecular flexibility index (Phi) is 2.47. The van der Waals surface area contributed by atoms with E-state index < -0.39 is 0 Å². The summed E-state index contributed by atoms with van der Waals surface area (Å²) in [4.78, 5) is 11.6. The van der Waals surface area contributed by atoms with Crippen LogP contribution in [0.1, 0.15) is 0 Å². The van der Waals surface area contributed by atoms with Gasteiger partial charge in [-0.2, -0.15) is 5.10 Å². The number of carbonyl (C=O) groups is 1. The molecule has 0 bridgehead atoms. The number of anilines is 1. The molecule has 0 saturated carbocycles. The fourth-order valence-corrected chi connectivity index (χ4v) is 1.40. The van der Waals surface area contributed by atoms with Crippen LogP contribution in [0.2, 0.25) is 0 Å². The van der Waals surface area contributed by atoms with Crippen molar-refractivity contribution in [1.29, 1.82) is 0 Å². The second-order valence-electron chi connectivity index (χ2n) is 3.28. The first-order valence-corrected chi connectivity index (χ1v) is 4.40. The quantitative estimate of drug-likeness (QED) is 0.584. The first-order valence-electron chi connectivity index (χ1n) is 4.40. The monoisotopic (exact) mass is 196 g/mol. The van der Waals surface area contributed by atoms with E-state index in [-0.39, 0.29) is 17.9 Å². The maximum Gasteiger partial charge on any atom is 0.231 e. The number of hydrogen-bond acceptors (Lipinski definition) is 4. The second kappa shape index (κ2) is 3.77. The zero-order valence-electron chi connectivity index (χ0n) is 7.56. The highest BCUT2D eigenvalue weighted by Crippen LogP contribution is 2.14. The molecule has 2 heterocycles. The lowest BCUT2D eigenvalue weighted by Crippen LogP contribution is -2.37. The lowest BCUT2D eigenvalue weighted by molar-refractivity contribution is -0.120. The summed E-state index contributed by atoms with van der Waals surface area (Å²) >= 11 is 0. The van der Waals surface area contributed by atoms with Crippen molar-refractivity contribution in [3.05, 3.63) is 12.4 Å². The number of rotatable bonds is 2. The Labute approximate surface area is 80.8 Å². The zero-order valence-corrected chi connectivity index (χ0v) is 7.56. The van der Waals surface area contributed by atoms with Gasteiger partial charge in [-0.3, -0.25) is 9.89 Å². The Balaban J connectivity index is 1.95. The number of amides is 1. The van der Waals surface area contributed by atoms with Crippen LogP contribution in [-0.2, 0) is 9.53 Å². The molecule has 1 fully saturated rings. The molecule has 1 saturated heterocycles. The molecule has 6 heteroatoms. The van der Waals surface area contributed by atoms with Crippen molar-refractivity contribution >= 4 is 11.6 Å². The summed E-state index contributed by atoms with van der Waals surface area (Å²) in [5.74, 6) is -0.374. The zero-order chi connectivity index (χ0) is 9.97. The molecule has 0 spiro atoms. The minimum Gasteiger partial charge on any atom is -0.379 e. The largest absolute Gasteiger partial charge is 0.379 e. The summed E-state index contributed by atoms with van der Waals surface area (Å²) in [6.07, 6.45) is 3.15. The first-order chi connectivity index (χ1) is 6.77. The molecule has 2 unspecified atom stereocenters. The van der Waals surface area contributed by atoms with E-state index in [0.29, 0.717) is 18.9 Å². The molecule has 1 aromatic heterocycles. The van der Waals surface area contributed by atoms with Gasteiger partial charge in [0.2, 0.25) is 5.91 Å². The van der Waals surface area contributed by atoms with E-state index in [4.69, 9.17) is 10.5 Å². The maximum atomic E-state index is 11.6. The Morgan fingerprint density at radius 2 is 2.57 bits per heavy atom. The molecule has 0 aromatic carbocycles. The predicted molar refractivity (Wildman–Crippen MR) is 49.5 cm³/mol. The third-order valence-electron chi connectivity index (χ3n) is 2.23. The molecule has 1 aliphatic rings. The van der Waals surface area contributed by atoms with Crippen molar-refractivity contribution in [3.8, 4) is 0 Å². The molecule has 6 nitrogen and oxygen atoms in total. The van der Waals surface area contributed by atoms with Crippen molar-refractivity contribution in [2.24, 2.45) is 11.7 Å². The van der Waals surface area contributed by atoms with Gasteiger partial charge >= 0.3 is 0 Å². The summed E-state index contributed by atoms with van der Waals surface area (Å²) in [5.41, 5.74) is 6.35. The molecule has 14 heavy (non-hydrogen) atoms. The second-order valence-corrected chi connectivity index (χ2v) is 3.28. The van der Waals surface area contributed by atoms with Gasteiger partial charge in [-0.1, -0.05) is 0 Å². The number of nitrogens with zero attached hydrogens (tertiary/aromatic N) is 1. The molecular formula is C8H12N4O2. The van der Waals surface area contributed by atoms with E-state index in [1.807, 2.05) is 0 Å². The van der Waals surface area contributed by atoms with Gasteiger partial charge in [0, 0.05) is 12.2 Å². The van der Waals surface area contributed by atoms with Crippen LogP contribution in [0.3, 0.4) is 0 Å². The van der Waals surface area contributed by atoms with Gasteiger partial charge in [0.1, 0.15) is 0 Å². The van der Waals surface area contributed by atoms with Crippen LogP contribution >= 0.6 is 0 Å². The van der Waals surface area contributed by atoms with Gasteiger partial charge < -0.3 is 15.8 Å². The van der Waals surface area contributed by atoms with Crippen LogP contribution in [0.25, 0.3) is 0 Å². The molecule has 76 valence electrons. The Bertz CT molecular complexity index is 311. The summed E-state index contributed by atoms with van der Waals surface area (Å²) < 4.78 is 5.10. The van der Waals surface area contributed by atoms with Crippen LogP contribution in [0.4, 0.5) is 5.69 Å². The third-order valence-corrected chi connectivity index (χ3v) is 2.23. The lowest BCUT2D eigenvalue weighted by Gasteiger charge is -2.11. The predicted octanol–water partition coefficient (Wildman–Crippen LogP) is -0.678. The van der Waals surface area contributed by atoms with Gasteiger partial charge in [-0.15, -0.1) is 0 Å². The Morgan fingerprint density at radius 3 is 3.14 bits per heavy atom. The normalized spacial score (nSPS) is 26.4. The fraction of sp³-hybridized carbons (Fsp3) is 0.500. The summed E-state index contributed by atoms with van der Waals surface area (Å²) in [7, 11) is 0. The minimum atomic E-state index is -0.259. The van der Waals surface area contributed by atoms with Gasteiger partial charge in [0.05, 0.1) is 31.0 Å². The number of hydrogen-bond donors (Lipinski definition) is 3. The number of aromatic nitrogens is 2.